The first kappa shape index (κ1) is 20.4. The van der Waals surface area contributed by atoms with Crippen LogP contribution in [0.1, 0.15) is 68.4 Å². The zero-order chi connectivity index (χ0) is 20.1. The lowest BCUT2D eigenvalue weighted by Gasteiger charge is -2.34. The Labute approximate surface area is 166 Å². The molecule has 2 fully saturated rings. The second-order valence-electron chi connectivity index (χ2n) is 8.23. The molecule has 0 bridgehead atoms. The maximum absolute atomic E-state index is 12.7. The molecule has 2 aliphatic heterocycles. The Bertz CT molecular complexity index is 740. The van der Waals surface area contributed by atoms with Gasteiger partial charge in [-0.2, -0.15) is 0 Å². The minimum Gasteiger partial charge on any atom is -0.481 e. The monoisotopic (exact) mass is 386 g/mol. The molecule has 2 amide bonds. The van der Waals surface area contributed by atoms with Crippen LogP contribution in [0.5, 0.6) is 0 Å². The van der Waals surface area contributed by atoms with E-state index in [1.807, 2.05) is 4.90 Å². The van der Waals surface area contributed by atoms with Crippen molar-refractivity contribution < 1.29 is 19.5 Å². The molecule has 1 aromatic rings. The van der Waals surface area contributed by atoms with Crippen LogP contribution in [-0.4, -0.2) is 46.4 Å². The van der Waals surface area contributed by atoms with Crippen molar-refractivity contribution in [2.24, 2.45) is 0 Å². The lowest BCUT2D eigenvalue weighted by atomic mass is 9.85. The van der Waals surface area contributed by atoms with Gasteiger partial charge >= 0.3 is 5.97 Å². The molecular formula is C22H30N2O4. The molecular weight excluding hydrogens is 356 g/mol. The van der Waals surface area contributed by atoms with Crippen LogP contribution in [0.2, 0.25) is 0 Å². The smallest absolute Gasteiger partial charge is 0.303 e. The molecule has 6 heteroatoms. The van der Waals surface area contributed by atoms with Gasteiger partial charge in [0.2, 0.25) is 11.8 Å². The summed E-state index contributed by atoms with van der Waals surface area (Å²) in [4.78, 5) is 37.3. The van der Waals surface area contributed by atoms with Crippen molar-refractivity contribution in [3.63, 3.8) is 0 Å². The molecule has 2 saturated heterocycles. The van der Waals surface area contributed by atoms with Crippen molar-refractivity contribution >= 4 is 17.8 Å². The highest BCUT2D eigenvalue weighted by Gasteiger charge is 2.38. The van der Waals surface area contributed by atoms with Crippen LogP contribution in [0.15, 0.2) is 24.3 Å². The normalized spacial score (nSPS) is 22.9. The number of carbonyl (C=O) groups excluding carboxylic acids is 2. The summed E-state index contributed by atoms with van der Waals surface area (Å²) in [6.07, 6.45) is 4.23. The van der Waals surface area contributed by atoms with Crippen molar-refractivity contribution in [1.29, 1.82) is 0 Å². The lowest BCUT2D eigenvalue weighted by molar-refractivity contribution is -0.137. The molecule has 1 aromatic carbocycles. The van der Waals surface area contributed by atoms with Gasteiger partial charge < -0.3 is 15.3 Å². The number of carbonyl (C=O) groups is 3. The largest absolute Gasteiger partial charge is 0.481 e. The van der Waals surface area contributed by atoms with Gasteiger partial charge in [-0.15, -0.1) is 0 Å². The van der Waals surface area contributed by atoms with E-state index in [1.54, 1.807) is 0 Å². The predicted molar refractivity (Wildman–Crippen MR) is 106 cm³/mol. The summed E-state index contributed by atoms with van der Waals surface area (Å²) in [5, 5.41) is 11.9. The minimum atomic E-state index is -0.870. The molecule has 0 radical (unpaired) electrons. The number of aryl methyl sites for hydroxylation is 1. The van der Waals surface area contributed by atoms with Crippen molar-refractivity contribution in [2.75, 3.05) is 13.1 Å². The van der Waals surface area contributed by atoms with E-state index in [0.717, 1.165) is 25.9 Å². The molecule has 0 spiro atoms. The average molecular weight is 386 g/mol. The number of rotatable bonds is 7. The number of nitrogens with one attached hydrogen (secondary N) is 1. The van der Waals surface area contributed by atoms with E-state index in [4.69, 9.17) is 5.11 Å². The Morgan fingerprint density at radius 3 is 2.46 bits per heavy atom. The number of carboxylic acids is 1. The fourth-order valence-corrected chi connectivity index (χ4v) is 4.61. The van der Waals surface area contributed by atoms with E-state index >= 15 is 0 Å². The van der Waals surface area contributed by atoms with Crippen molar-refractivity contribution in [3.8, 4) is 0 Å². The van der Waals surface area contributed by atoms with E-state index < -0.39 is 11.5 Å². The minimum absolute atomic E-state index is 0.0102. The fourth-order valence-electron chi connectivity index (χ4n) is 4.61. The topological polar surface area (TPSA) is 86.7 Å². The van der Waals surface area contributed by atoms with Gasteiger partial charge in [0.05, 0.1) is 0 Å². The third kappa shape index (κ3) is 4.91. The van der Waals surface area contributed by atoms with E-state index in [9.17, 15) is 14.4 Å². The van der Waals surface area contributed by atoms with Crippen molar-refractivity contribution in [1.82, 2.24) is 10.2 Å². The van der Waals surface area contributed by atoms with Gasteiger partial charge in [-0.1, -0.05) is 24.3 Å². The van der Waals surface area contributed by atoms with Crippen LogP contribution < -0.4 is 5.32 Å². The number of hydrogen-bond acceptors (Lipinski definition) is 3. The average Bonchev–Trinajstić information content (AvgIpc) is 3.06. The van der Waals surface area contributed by atoms with Crippen molar-refractivity contribution in [2.45, 2.75) is 69.7 Å². The summed E-state index contributed by atoms with van der Waals surface area (Å²) < 4.78 is 0. The summed E-state index contributed by atoms with van der Waals surface area (Å²) in [6.45, 7) is 3.65. The standard InChI is InChI=1S/C22H30N2O4/c1-16-4-2-3-5-18(16)17-9-14-24(15-10-17)20(26)7-12-22(13-8-21(27)28)11-6-19(25)23-22/h2-5,17H,6-15H2,1H3,(H,23,25)(H,27,28)/t22-/m0/s1. The first-order chi connectivity index (χ1) is 13.4. The van der Waals surface area contributed by atoms with E-state index in [0.29, 0.717) is 38.0 Å². The molecule has 28 heavy (non-hydrogen) atoms. The number of amides is 2. The third-order valence-electron chi connectivity index (χ3n) is 6.35. The quantitative estimate of drug-likeness (QED) is 0.754. The molecule has 0 saturated carbocycles. The van der Waals surface area contributed by atoms with Crippen LogP contribution in [0.3, 0.4) is 0 Å². The number of likely N-dealkylation sites (tertiary alicyclic amines) is 1. The van der Waals surface area contributed by atoms with Gasteiger partial charge in [-0.25, -0.2) is 0 Å². The molecule has 6 nitrogen and oxygen atoms in total. The van der Waals surface area contributed by atoms with E-state index in [-0.39, 0.29) is 18.2 Å². The molecule has 2 heterocycles. The summed E-state index contributed by atoms with van der Waals surface area (Å²) in [5.41, 5.74) is 2.16. The van der Waals surface area contributed by atoms with Gasteiger partial charge in [0.1, 0.15) is 0 Å². The van der Waals surface area contributed by atoms with Crippen LogP contribution in [0.25, 0.3) is 0 Å². The van der Waals surface area contributed by atoms with Crippen LogP contribution in [0, 0.1) is 6.92 Å². The number of nitrogens with zero attached hydrogens (tertiary/aromatic N) is 1. The molecule has 3 rings (SSSR count). The number of piperidine rings is 1. The Kier molecular flexibility index (Phi) is 6.37. The number of carboxylic acid groups (broad SMARTS) is 1. The highest BCUT2D eigenvalue weighted by atomic mass is 16.4. The molecule has 0 aromatic heterocycles. The lowest BCUT2D eigenvalue weighted by Crippen LogP contribution is -2.44. The van der Waals surface area contributed by atoms with Gasteiger partial charge in [0.25, 0.3) is 0 Å². The third-order valence-corrected chi connectivity index (χ3v) is 6.35. The number of aliphatic carboxylic acids is 1. The fraction of sp³-hybridized carbons (Fsp3) is 0.591. The number of hydrogen-bond donors (Lipinski definition) is 2. The Balaban J connectivity index is 1.51. The predicted octanol–water partition coefficient (Wildman–Crippen LogP) is 2.99. The molecule has 152 valence electrons. The second kappa shape index (κ2) is 8.76. The van der Waals surface area contributed by atoms with Crippen LogP contribution >= 0.6 is 0 Å². The highest BCUT2D eigenvalue weighted by Crippen LogP contribution is 2.32. The second-order valence-corrected chi connectivity index (χ2v) is 8.23. The van der Waals surface area contributed by atoms with Gasteiger partial charge in [-0.05, 0) is 56.1 Å². The van der Waals surface area contributed by atoms with Gasteiger partial charge in [-0.3, -0.25) is 14.4 Å². The first-order valence-corrected chi connectivity index (χ1v) is 10.2. The maximum atomic E-state index is 12.7. The molecule has 0 unspecified atom stereocenters. The zero-order valence-corrected chi connectivity index (χ0v) is 16.6. The van der Waals surface area contributed by atoms with Crippen molar-refractivity contribution in [3.05, 3.63) is 35.4 Å². The Morgan fingerprint density at radius 1 is 1.18 bits per heavy atom. The molecule has 0 aliphatic carbocycles. The van der Waals surface area contributed by atoms with Gasteiger partial charge in [0.15, 0.2) is 0 Å². The van der Waals surface area contributed by atoms with E-state index in [2.05, 4.69) is 36.5 Å². The summed E-state index contributed by atoms with van der Waals surface area (Å²) in [5.74, 6) is -0.303. The molecule has 1 atom stereocenters. The maximum Gasteiger partial charge on any atom is 0.303 e. The first-order valence-electron chi connectivity index (χ1n) is 10.2. The summed E-state index contributed by atoms with van der Waals surface area (Å²) >= 11 is 0. The highest BCUT2D eigenvalue weighted by molar-refractivity contribution is 5.80. The molecule has 2 N–H and O–H groups in total. The zero-order valence-electron chi connectivity index (χ0n) is 16.6. The number of benzene rings is 1. The summed E-state index contributed by atoms with van der Waals surface area (Å²) in [7, 11) is 0. The van der Waals surface area contributed by atoms with E-state index in [1.165, 1.54) is 11.1 Å². The van der Waals surface area contributed by atoms with Gasteiger partial charge in [0, 0.05) is 37.9 Å². The van der Waals surface area contributed by atoms with Crippen LogP contribution in [0.4, 0.5) is 0 Å². The summed E-state index contributed by atoms with van der Waals surface area (Å²) in [6, 6.07) is 8.46. The van der Waals surface area contributed by atoms with Crippen LogP contribution in [-0.2, 0) is 14.4 Å². The Hall–Kier alpha value is -2.37. The Morgan fingerprint density at radius 2 is 1.86 bits per heavy atom. The molecule has 2 aliphatic rings. The SMILES string of the molecule is Cc1ccccc1C1CCN(C(=O)CC[C@]2(CCC(=O)O)CCC(=O)N2)CC1.